The Morgan fingerprint density at radius 3 is 2.89 bits per heavy atom. The van der Waals surface area contributed by atoms with Gasteiger partial charge in [0.2, 0.25) is 0 Å². The van der Waals surface area contributed by atoms with E-state index >= 15 is 0 Å². The lowest BCUT2D eigenvalue weighted by atomic mass is 10.2. The number of hydrogen-bond donors (Lipinski definition) is 2. The van der Waals surface area contributed by atoms with Crippen LogP contribution in [-0.2, 0) is 6.42 Å². The van der Waals surface area contributed by atoms with E-state index < -0.39 is 0 Å². The van der Waals surface area contributed by atoms with E-state index in [9.17, 15) is 4.79 Å². The number of nitrogens with zero attached hydrogens (tertiary/aromatic N) is 1. The molecule has 0 saturated carbocycles. The number of furan rings is 1. The van der Waals surface area contributed by atoms with Gasteiger partial charge in [0.25, 0.3) is 5.91 Å². The topological polar surface area (TPSA) is 70.9 Å². The first-order chi connectivity index (χ1) is 8.74. The lowest BCUT2D eigenvalue weighted by Crippen LogP contribution is -2.28. The van der Waals surface area contributed by atoms with Gasteiger partial charge >= 0.3 is 0 Å². The summed E-state index contributed by atoms with van der Waals surface area (Å²) >= 11 is 0. The highest BCUT2D eigenvalue weighted by Gasteiger charge is 2.18. The molecule has 0 aromatic carbocycles. The van der Waals surface area contributed by atoms with E-state index in [1.54, 1.807) is 18.5 Å². The van der Waals surface area contributed by atoms with Gasteiger partial charge in [-0.05, 0) is 18.6 Å². The molecule has 0 aliphatic rings. The summed E-state index contributed by atoms with van der Waals surface area (Å²) in [6.45, 7) is 3.98. The second kappa shape index (κ2) is 5.53. The Bertz CT molecular complexity index is 502. The molecule has 1 amide bonds. The fourth-order valence-electron chi connectivity index (χ4n) is 1.75. The third-order valence-electron chi connectivity index (χ3n) is 2.80. The predicted molar refractivity (Wildman–Crippen MR) is 67.2 cm³/mol. The zero-order chi connectivity index (χ0) is 13.0. The molecular formula is C13H17N3O2. The van der Waals surface area contributed by atoms with Gasteiger partial charge in [0.1, 0.15) is 11.6 Å². The minimum absolute atomic E-state index is 0.123. The molecule has 96 valence electrons. The molecule has 2 N–H and O–H groups in total. The van der Waals surface area contributed by atoms with Gasteiger partial charge in [0.15, 0.2) is 5.76 Å². The van der Waals surface area contributed by atoms with Gasteiger partial charge in [0.05, 0.1) is 6.04 Å². The normalized spacial score (nSPS) is 12.3. The summed E-state index contributed by atoms with van der Waals surface area (Å²) in [4.78, 5) is 19.2. The summed E-state index contributed by atoms with van der Waals surface area (Å²) in [6.07, 6.45) is 4.96. The van der Waals surface area contributed by atoms with Crippen molar-refractivity contribution < 1.29 is 9.21 Å². The number of nitrogens with one attached hydrogen (secondary N) is 2. The first-order valence-corrected chi connectivity index (χ1v) is 6.13. The Balaban J connectivity index is 2.06. The standard InChI is InChI=1S/C13H17N3O2/c1-3-9-5-6-11(18-9)13(17)16-10(4-2)12-14-7-8-15-12/h5-8,10H,3-4H2,1-2H3,(H,14,15)(H,16,17). The lowest BCUT2D eigenvalue weighted by Gasteiger charge is -2.13. The predicted octanol–water partition coefficient (Wildman–Crippen LogP) is 2.45. The molecule has 5 nitrogen and oxygen atoms in total. The summed E-state index contributed by atoms with van der Waals surface area (Å²) in [5.41, 5.74) is 0. The molecule has 0 radical (unpaired) electrons. The molecule has 0 spiro atoms. The average molecular weight is 247 g/mol. The van der Waals surface area contributed by atoms with Crippen LogP contribution in [0, 0.1) is 0 Å². The largest absolute Gasteiger partial charge is 0.456 e. The SMILES string of the molecule is CCc1ccc(C(=O)NC(CC)c2ncc[nH]2)o1. The second-order valence-electron chi connectivity index (χ2n) is 4.03. The molecule has 0 saturated heterocycles. The van der Waals surface area contributed by atoms with Crippen LogP contribution in [-0.4, -0.2) is 15.9 Å². The number of imidazole rings is 1. The molecule has 1 atom stereocenters. The quantitative estimate of drug-likeness (QED) is 0.852. The zero-order valence-electron chi connectivity index (χ0n) is 10.6. The molecule has 1 unspecified atom stereocenters. The Morgan fingerprint density at radius 1 is 1.50 bits per heavy atom. The molecular weight excluding hydrogens is 230 g/mol. The summed E-state index contributed by atoms with van der Waals surface area (Å²) in [7, 11) is 0. The van der Waals surface area contributed by atoms with Crippen LogP contribution >= 0.6 is 0 Å². The number of rotatable bonds is 5. The van der Waals surface area contributed by atoms with Crippen molar-refractivity contribution in [3.8, 4) is 0 Å². The van der Waals surface area contributed by atoms with Crippen LogP contribution in [0.2, 0.25) is 0 Å². The van der Waals surface area contributed by atoms with Crippen molar-refractivity contribution in [2.24, 2.45) is 0 Å². The van der Waals surface area contributed by atoms with Gasteiger partial charge in [-0.25, -0.2) is 4.98 Å². The maximum absolute atomic E-state index is 12.0. The molecule has 0 bridgehead atoms. The Hall–Kier alpha value is -2.04. The van der Waals surface area contributed by atoms with E-state index in [1.165, 1.54) is 0 Å². The molecule has 18 heavy (non-hydrogen) atoms. The van der Waals surface area contributed by atoms with Crippen molar-refractivity contribution in [3.63, 3.8) is 0 Å². The molecule has 2 aromatic rings. The first kappa shape index (κ1) is 12.4. The van der Waals surface area contributed by atoms with Crippen LogP contribution in [0.1, 0.15) is 48.4 Å². The third kappa shape index (κ3) is 2.61. The van der Waals surface area contributed by atoms with Crippen LogP contribution in [0.15, 0.2) is 28.9 Å². The summed E-state index contributed by atoms with van der Waals surface area (Å²) < 4.78 is 5.41. The summed E-state index contributed by atoms with van der Waals surface area (Å²) in [6, 6.07) is 3.40. The van der Waals surface area contributed by atoms with Gasteiger partial charge in [-0.1, -0.05) is 13.8 Å². The number of hydrogen-bond acceptors (Lipinski definition) is 3. The van der Waals surface area contributed by atoms with Crippen molar-refractivity contribution in [2.75, 3.05) is 0 Å². The fourth-order valence-corrected chi connectivity index (χ4v) is 1.75. The van der Waals surface area contributed by atoms with E-state index in [1.807, 2.05) is 19.9 Å². The average Bonchev–Trinajstić information content (AvgIpc) is 3.05. The number of aromatic nitrogens is 2. The van der Waals surface area contributed by atoms with Gasteiger partial charge in [-0.15, -0.1) is 0 Å². The maximum atomic E-state index is 12.0. The van der Waals surface area contributed by atoms with E-state index in [-0.39, 0.29) is 11.9 Å². The number of aromatic amines is 1. The Labute approximate surface area is 106 Å². The minimum atomic E-state index is -0.210. The fraction of sp³-hybridized carbons (Fsp3) is 0.385. The molecule has 0 fully saturated rings. The number of amides is 1. The van der Waals surface area contributed by atoms with E-state index in [0.717, 1.165) is 24.4 Å². The molecule has 0 aliphatic heterocycles. The van der Waals surface area contributed by atoms with Crippen molar-refractivity contribution in [2.45, 2.75) is 32.7 Å². The second-order valence-corrected chi connectivity index (χ2v) is 4.03. The maximum Gasteiger partial charge on any atom is 0.287 e. The van der Waals surface area contributed by atoms with E-state index in [4.69, 9.17) is 4.42 Å². The molecule has 0 aliphatic carbocycles. The first-order valence-electron chi connectivity index (χ1n) is 6.13. The highest BCUT2D eigenvalue weighted by Crippen LogP contribution is 2.14. The molecule has 2 aromatic heterocycles. The molecule has 5 heteroatoms. The van der Waals surface area contributed by atoms with Gasteiger partial charge in [-0.2, -0.15) is 0 Å². The van der Waals surface area contributed by atoms with Gasteiger partial charge in [-0.3, -0.25) is 4.79 Å². The van der Waals surface area contributed by atoms with Crippen molar-refractivity contribution in [1.29, 1.82) is 0 Å². The lowest BCUT2D eigenvalue weighted by molar-refractivity contribution is 0.0904. The minimum Gasteiger partial charge on any atom is -0.456 e. The van der Waals surface area contributed by atoms with E-state index in [2.05, 4.69) is 15.3 Å². The summed E-state index contributed by atoms with van der Waals surface area (Å²) in [5, 5.41) is 2.90. The molecule has 2 rings (SSSR count). The highest BCUT2D eigenvalue weighted by molar-refractivity contribution is 5.91. The number of carbonyl (C=O) groups is 1. The van der Waals surface area contributed by atoms with Crippen LogP contribution < -0.4 is 5.32 Å². The monoisotopic (exact) mass is 247 g/mol. The zero-order valence-corrected chi connectivity index (χ0v) is 10.6. The van der Waals surface area contributed by atoms with Crippen molar-refractivity contribution in [3.05, 3.63) is 41.9 Å². The van der Waals surface area contributed by atoms with Gasteiger partial charge in [0, 0.05) is 18.8 Å². The number of aryl methyl sites for hydroxylation is 1. The number of H-pyrrole nitrogens is 1. The Kier molecular flexibility index (Phi) is 3.82. The van der Waals surface area contributed by atoms with E-state index in [0.29, 0.717) is 5.76 Å². The van der Waals surface area contributed by atoms with Crippen molar-refractivity contribution >= 4 is 5.91 Å². The number of carbonyl (C=O) groups excluding carboxylic acids is 1. The molecule has 2 heterocycles. The van der Waals surface area contributed by atoms with Crippen LogP contribution in [0.4, 0.5) is 0 Å². The van der Waals surface area contributed by atoms with Crippen LogP contribution in [0.5, 0.6) is 0 Å². The highest BCUT2D eigenvalue weighted by atomic mass is 16.3. The summed E-state index contributed by atoms with van der Waals surface area (Å²) in [5.74, 6) is 1.70. The Morgan fingerprint density at radius 2 is 2.33 bits per heavy atom. The smallest absolute Gasteiger partial charge is 0.287 e. The van der Waals surface area contributed by atoms with Gasteiger partial charge < -0.3 is 14.7 Å². The van der Waals surface area contributed by atoms with Crippen LogP contribution in [0.3, 0.4) is 0 Å². The third-order valence-corrected chi connectivity index (χ3v) is 2.80. The van der Waals surface area contributed by atoms with Crippen molar-refractivity contribution in [1.82, 2.24) is 15.3 Å². The van der Waals surface area contributed by atoms with Crippen LogP contribution in [0.25, 0.3) is 0 Å².